The van der Waals surface area contributed by atoms with E-state index in [1.807, 2.05) is 31.4 Å². The molecule has 4 rings (SSSR count). The van der Waals surface area contributed by atoms with Crippen LogP contribution in [-0.4, -0.2) is 42.0 Å². The summed E-state index contributed by atoms with van der Waals surface area (Å²) >= 11 is 0. The van der Waals surface area contributed by atoms with Crippen molar-refractivity contribution in [2.75, 3.05) is 20.1 Å². The van der Waals surface area contributed by atoms with Gasteiger partial charge < -0.3 is 10.6 Å². The molecular weight excluding hydrogens is 521 g/mol. The smallest absolute Gasteiger partial charge is 0.191 e. The number of likely N-dealkylation sites (tertiary alicyclic amines) is 1. The standard InChI is InChI=1S/C27H33N5.HI/c1-21-8-3-4-10-24(21)20-32-16-13-25(14-17-32)31-27(28-2)30-19-22-9-7-11-23(18-22)26-12-5-6-15-29-26;/h3-12,15,18,25H,13-14,16-17,19-20H2,1-2H3,(H2,28,30,31);1H. The summed E-state index contributed by atoms with van der Waals surface area (Å²) in [5, 5.41) is 7.09. The summed E-state index contributed by atoms with van der Waals surface area (Å²) in [6, 6.07) is 23.7. The van der Waals surface area contributed by atoms with E-state index in [0.717, 1.165) is 56.2 Å². The predicted molar refractivity (Wildman–Crippen MR) is 148 cm³/mol. The molecule has 2 aromatic carbocycles. The van der Waals surface area contributed by atoms with E-state index in [0.29, 0.717) is 6.04 Å². The molecule has 0 aliphatic carbocycles. The number of halogens is 1. The largest absolute Gasteiger partial charge is 0.354 e. The summed E-state index contributed by atoms with van der Waals surface area (Å²) in [7, 11) is 1.84. The van der Waals surface area contributed by atoms with Crippen molar-refractivity contribution in [3.05, 3.63) is 89.6 Å². The van der Waals surface area contributed by atoms with Gasteiger partial charge in [0, 0.05) is 51.0 Å². The zero-order valence-corrected chi connectivity index (χ0v) is 21.8. The van der Waals surface area contributed by atoms with E-state index in [2.05, 4.69) is 81.0 Å². The fourth-order valence-electron chi connectivity index (χ4n) is 4.21. The Hall–Kier alpha value is -2.45. The van der Waals surface area contributed by atoms with Gasteiger partial charge in [-0.1, -0.05) is 48.5 Å². The minimum Gasteiger partial charge on any atom is -0.354 e. The minimum absolute atomic E-state index is 0. The third-order valence-corrected chi connectivity index (χ3v) is 6.15. The summed E-state index contributed by atoms with van der Waals surface area (Å²) < 4.78 is 0. The van der Waals surface area contributed by atoms with Crippen LogP contribution in [0.3, 0.4) is 0 Å². The van der Waals surface area contributed by atoms with Gasteiger partial charge in [-0.25, -0.2) is 0 Å². The van der Waals surface area contributed by atoms with Gasteiger partial charge in [-0.2, -0.15) is 0 Å². The van der Waals surface area contributed by atoms with Gasteiger partial charge in [0.25, 0.3) is 0 Å². The number of rotatable bonds is 6. The molecule has 6 heteroatoms. The monoisotopic (exact) mass is 555 g/mol. The molecule has 1 aromatic heterocycles. The fourth-order valence-corrected chi connectivity index (χ4v) is 4.21. The Morgan fingerprint density at radius 3 is 2.55 bits per heavy atom. The third kappa shape index (κ3) is 7.27. The van der Waals surface area contributed by atoms with Gasteiger partial charge >= 0.3 is 0 Å². The first-order chi connectivity index (χ1) is 15.7. The number of pyridine rings is 1. The zero-order valence-electron chi connectivity index (χ0n) is 19.5. The first kappa shape index (κ1) is 25.2. The molecule has 0 spiro atoms. The molecule has 0 amide bonds. The number of piperidine rings is 1. The van der Waals surface area contributed by atoms with Gasteiger partial charge in [-0.15, -0.1) is 24.0 Å². The van der Waals surface area contributed by atoms with E-state index in [4.69, 9.17) is 0 Å². The average Bonchev–Trinajstić information content (AvgIpc) is 2.85. The van der Waals surface area contributed by atoms with E-state index in [-0.39, 0.29) is 24.0 Å². The molecule has 2 heterocycles. The predicted octanol–water partition coefficient (Wildman–Crippen LogP) is 5.00. The number of nitrogens with one attached hydrogen (secondary N) is 2. The van der Waals surface area contributed by atoms with Crippen molar-refractivity contribution in [2.24, 2.45) is 4.99 Å². The number of benzene rings is 2. The lowest BCUT2D eigenvalue weighted by Crippen LogP contribution is -2.48. The Morgan fingerprint density at radius 1 is 1.03 bits per heavy atom. The lowest BCUT2D eigenvalue weighted by atomic mass is 10.0. The van der Waals surface area contributed by atoms with Gasteiger partial charge in [0.15, 0.2) is 5.96 Å². The summed E-state index contributed by atoms with van der Waals surface area (Å²) in [6.07, 6.45) is 4.09. The molecule has 0 saturated carbocycles. The molecule has 1 fully saturated rings. The summed E-state index contributed by atoms with van der Waals surface area (Å²) in [6.45, 7) is 6.18. The Labute approximate surface area is 214 Å². The van der Waals surface area contributed by atoms with Crippen LogP contribution in [0.1, 0.15) is 29.5 Å². The van der Waals surface area contributed by atoms with Crippen LogP contribution in [0.25, 0.3) is 11.3 Å². The van der Waals surface area contributed by atoms with Crippen LogP contribution >= 0.6 is 24.0 Å². The first-order valence-corrected chi connectivity index (χ1v) is 11.5. The Balaban J connectivity index is 0.00000306. The first-order valence-electron chi connectivity index (χ1n) is 11.5. The van der Waals surface area contributed by atoms with Crippen molar-refractivity contribution in [1.29, 1.82) is 0 Å². The maximum absolute atomic E-state index is 4.46. The normalized spacial score (nSPS) is 15.0. The van der Waals surface area contributed by atoms with Crippen LogP contribution in [0.4, 0.5) is 0 Å². The number of aliphatic imine (C=N–C) groups is 1. The van der Waals surface area contributed by atoms with E-state index in [1.165, 1.54) is 16.7 Å². The molecule has 33 heavy (non-hydrogen) atoms. The van der Waals surface area contributed by atoms with Crippen molar-refractivity contribution in [3.63, 3.8) is 0 Å². The van der Waals surface area contributed by atoms with Crippen molar-refractivity contribution >= 4 is 29.9 Å². The number of guanidine groups is 1. The van der Waals surface area contributed by atoms with Crippen LogP contribution in [0, 0.1) is 6.92 Å². The molecule has 174 valence electrons. The molecule has 3 aromatic rings. The maximum Gasteiger partial charge on any atom is 0.191 e. The SMILES string of the molecule is CN=C(NCc1cccc(-c2ccccn2)c1)NC1CCN(Cc2ccccc2C)CC1.I. The number of hydrogen-bond acceptors (Lipinski definition) is 3. The Kier molecular flexibility index (Phi) is 9.69. The topological polar surface area (TPSA) is 52.6 Å². The van der Waals surface area contributed by atoms with Crippen molar-refractivity contribution in [2.45, 2.75) is 38.9 Å². The number of aromatic nitrogens is 1. The highest BCUT2D eigenvalue weighted by molar-refractivity contribution is 14.0. The summed E-state index contributed by atoms with van der Waals surface area (Å²) in [5.41, 5.74) is 6.15. The molecule has 0 bridgehead atoms. The van der Waals surface area contributed by atoms with Crippen molar-refractivity contribution < 1.29 is 0 Å². The highest BCUT2D eigenvalue weighted by Crippen LogP contribution is 2.18. The van der Waals surface area contributed by atoms with Crippen LogP contribution in [-0.2, 0) is 13.1 Å². The number of nitrogens with zero attached hydrogens (tertiary/aromatic N) is 3. The van der Waals surface area contributed by atoms with Crippen LogP contribution in [0.5, 0.6) is 0 Å². The molecule has 5 nitrogen and oxygen atoms in total. The molecule has 0 radical (unpaired) electrons. The highest BCUT2D eigenvalue weighted by atomic mass is 127. The second kappa shape index (κ2) is 12.7. The maximum atomic E-state index is 4.46. The minimum atomic E-state index is 0. The number of aryl methyl sites for hydroxylation is 1. The van der Waals surface area contributed by atoms with E-state index >= 15 is 0 Å². The molecule has 1 aliphatic rings. The quantitative estimate of drug-likeness (QED) is 0.255. The third-order valence-electron chi connectivity index (χ3n) is 6.15. The van der Waals surface area contributed by atoms with Crippen LogP contribution in [0.2, 0.25) is 0 Å². The van der Waals surface area contributed by atoms with E-state index in [1.54, 1.807) is 0 Å². The Bertz CT molecular complexity index is 1030. The van der Waals surface area contributed by atoms with Crippen molar-refractivity contribution in [3.8, 4) is 11.3 Å². The zero-order chi connectivity index (χ0) is 22.2. The highest BCUT2D eigenvalue weighted by Gasteiger charge is 2.20. The van der Waals surface area contributed by atoms with Gasteiger partial charge in [-0.3, -0.25) is 14.9 Å². The Morgan fingerprint density at radius 2 is 1.82 bits per heavy atom. The van der Waals surface area contributed by atoms with Crippen molar-refractivity contribution in [1.82, 2.24) is 20.5 Å². The fraction of sp³-hybridized carbons (Fsp3) is 0.333. The second-order valence-electron chi connectivity index (χ2n) is 8.46. The summed E-state index contributed by atoms with van der Waals surface area (Å²) in [5.74, 6) is 0.866. The lowest BCUT2D eigenvalue weighted by molar-refractivity contribution is 0.198. The molecule has 0 unspecified atom stereocenters. The number of hydrogen-bond donors (Lipinski definition) is 2. The molecule has 1 aliphatic heterocycles. The summed E-state index contributed by atoms with van der Waals surface area (Å²) in [4.78, 5) is 11.5. The van der Waals surface area contributed by atoms with Crippen LogP contribution < -0.4 is 10.6 Å². The molecule has 0 atom stereocenters. The van der Waals surface area contributed by atoms with E-state index < -0.39 is 0 Å². The molecular formula is C27H34IN5. The molecule has 1 saturated heterocycles. The average molecular weight is 556 g/mol. The van der Waals surface area contributed by atoms with Gasteiger partial charge in [-0.05, 0) is 54.7 Å². The van der Waals surface area contributed by atoms with E-state index in [9.17, 15) is 0 Å². The van der Waals surface area contributed by atoms with Gasteiger partial charge in [0.2, 0.25) is 0 Å². The second-order valence-corrected chi connectivity index (χ2v) is 8.46. The van der Waals surface area contributed by atoms with Gasteiger partial charge in [0.05, 0.1) is 5.69 Å². The lowest BCUT2D eigenvalue weighted by Gasteiger charge is -2.33. The van der Waals surface area contributed by atoms with Gasteiger partial charge in [0.1, 0.15) is 0 Å². The molecule has 2 N–H and O–H groups in total. The van der Waals surface area contributed by atoms with Crippen LogP contribution in [0.15, 0.2) is 77.9 Å².